The number of rotatable bonds is 9. The topological polar surface area (TPSA) is 73.8 Å². The molecule has 0 aromatic heterocycles. The molecular formula is C20H35IN4O2S. The Kier molecular flexibility index (Phi) is 11.4. The average molecular weight is 522 g/mol. The van der Waals surface area contributed by atoms with Gasteiger partial charge >= 0.3 is 0 Å². The number of sulfone groups is 1. The summed E-state index contributed by atoms with van der Waals surface area (Å²) in [6.07, 6.45) is 1.73. The van der Waals surface area contributed by atoms with Crippen LogP contribution in [0.2, 0.25) is 0 Å². The summed E-state index contributed by atoms with van der Waals surface area (Å²) >= 11 is 0. The molecule has 0 saturated carbocycles. The first-order valence-electron chi connectivity index (χ1n) is 9.86. The summed E-state index contributed by atoms with van der Waals surface area (Å²) < 4.78 is 23.1. The van der Waals surface area contributed by atoms with Gasteiger partial charge in [-0.25, -0.2) is 8.42 Å². The van der Waals surface area contributed by atoms with Crippen molar-refractivity contribution in [2.75, 3.05) is 38.2 Å². The van der Waals surface area contributed by atoms with Crippen LogP contribution >= 0.6 is 24.0 Å². The van der Waals surface area contributed by atoms with Crippen molar-refractivity contribution >= 4 is 39.8 Å². The summed E-state index contributed by atoms with van der Waals surface area (Å²) in [6.45, 7) is 7.39. The van der Waals surface area contributed by atoms with Crippen LogP contribution in [0.4, 0.5) is 0 Å². The fraction of sp³-hybridized carbons (Fsp3) is 0.650. The smallest absolute Gasteiger partial charge is 0.191 e. The number of benzene rings is 1. The summed E-state index contributed by atoms with van der Waals surface area (Å²) in [4.78, 5) is 6.94. The average Bonchev–Trinajstić information content (AvgIpc) is 2.99. The second-order valence-corrected chi connectivity index (χ2v) is 9.68. The molecule has 0 spiro atoms. The fourth-order valence-electron chi connectivity index (χ4n) is 3.23. The highest BCUT2D eigenvalue weighted by Gasteiger charge is 2.27. The van der Waals surface area contributed by atoms with Gasteiger partial charge in [-0.2, -0.15) is 0 Å². The van der Waals surface area contributed by atoms with Crippen LogP contribution < -0.4 is 10.6 Å². The molecule has 0 bridgehead atoms. The van der Waals surface area contributed by atoms with Gasteiger partial charge in [0.1, 0.15) is 0 Å². The van der Waals surface area contributed by atoms with E-state index in [-0.39, 0.29) is 35.6 Å². The number of nitrogens with one attached hydrogen (secondary N) is 2. The minimum Gasteiger partial charge on any atom is -0.357 e. The molecule has 0 radical (unpaired) electrons. The maximum Gasteiger partial charge on any atom is 0.191 e. The zero-order valence-electron chi connectivity index (χ0n) is 17.2. The van der Waals surface area contributed by atoms with Gasteiger partial charge in [0.25, 0.3) is 0 Å². The molecule has 6 nitrogen and oxygen atoms in total. The van der Waals surface area contributed by atoms with Gasteiger partial charge in [0.2, 0.25) is 0 Å². The van der Waals surface area contributed by atoms with Gasteiger partial charge in [0, 0.05) is 32.2 Å². The van der Waals surface area contributed by atoms with Gasteiger partial charge in [-0.05, 0) is 45.2 Å². The van der Waals surface area contributed by atoms with E-state index in [1.807, 2.05) is 13.0 Å². The van der Waals surface area contributed by atoms with Crippen LogP contribution in [0, 0.1) is 5.92 Å². The van der Waals surface area contributed by atoms with Crippen LogP contribution in [0.1, 0.15) is 32.3 Å². The molecule has 160 valence electrons. The predicted molar refractivity (Wildman–Crippen MR) is 128 cm³/mol. The number of nitrogens with zero attached hydrogens (tertiary/aromatic N) is 2. The third kappa shape index (κ3) is 9.09. The quantitative estimate of drug-likeness (QED) is 0.296. The van der Waals surface area contributed by atoms with E-state index in [1.165, 1.54) is 5.56 Å². The molecular weight excluding hydrogens is 487 g/mol. The van der Waals surface area contributed by atoms with E-state index < -0.39 is 9.84 Å². The van der Waals surface area contributed by atoms with Crippen molar-refractivity contribution in [1.29, 1.82) is 0 Å². The van der Waals surface area contributed by atoms with E-state index in [9.17, 15) is 8.42 Å². The molecule has 2 atom stereocenters. The van der Waals surface area contributed by atoms with Crippen molar-refractivity contribution in [3.05, 3.63) is 35.9 Å². The van der Waals surface area contributed by atoms with Crippen LogP contribution in [0.5, 0.6) is 0 Å². The number of guanidine groups is 1. The third-order valence-electron chi connectivity index (χ3n) is 5.06. The SMILES string of the molecule is CCNC(=NCC1CCS(=O)(=O)C1)NCCC(C)N(C)Cc1ccccc1.I. The Morgan fingerprint density at radius 1 is 1.29 bits per heavy atom. The lowest BCUT2D eigenvalue weighted by atomic mass is 10.1. The number of hydrogen-bond donors (Lipinski definition) is 2. The summed E-state index contributed by atoms with van der Waals surface area (Å²) in [6, 6.07) is 10.9. The van der Waals surface area contributed by atoms with E-state index >= 15 is 0 Å². The van der Waals surface area contributed by atoms with Gasteiger partial charge in [0.05, 0.1) is 11.5 Å². The maximum atomic E-state index is 11.6. The highest BCUT2D eigenvalue weighted by atomic mass is 127. The molecule has 1 aliphatic heterocycles. The molecule has 2 rings (SSSR count). The first kappa shape index (κ1) is 25.2. The van der Waals surface area contributed by atoms with Crippen molar-refractivity contribution in [2.45, 2.75) is 39.3 Å². The van der Waals surface area contributed by atoms with Crippen LogP contribution in [0.3, 0.4) is 0 Å². The van der Waals surface area contributed by atoms with Crippen molar-refractivity contribution in [1.82, 2.24) is 15.5 Å². The van der Waals surface area contributed by atoms with Gasteiger partial charge in [-0.1, -0.05) is 30.3 Å². The van der Waals surface area contributed by atoms with Crippen molar-refractivity contribution < 1.29 is 8.42 Å². The Hall–Kier alpha value is -0.870. The number of halogens is 1. The van der Waals surface area contributed by atoms with Crippen LogP contribution in [0.25, 0.3) is 0 Å². The van der Waals surface area contributed by atoms with E-state index in [1.54, 1.807) is 0 Å². The molecule has 2 N–H and O–H groups in total. The monoisotopic (exact) mass is 522 g/mol. The standard InChI is InChI=1S/C20H34N4O2S.HI/c1-4-21-20(23-14-19-11-13-27(25,26)16-19)22-12-10-17(2)24(3)15-18-8-6-5-7-9-18;/h5-9,17,19H,4,10-16H2,1-3H3,(H2,21,22,23);1H. The molecule has 28 heavy (non-hydrogen) atoms. The molecule has 0 amide bonds. The molecule has 1 aliphatic rings. The highest BCUT2D eigenvalue weighted by Crippen LogP contribution is 2.18. The minimum atomic E-state index is -2.83. The first-order valence-corrected chi connectivity index (χ1v) is 11.7. The molecule has 1 aromatic carbocycles. The van der Waals surface area contributed by atoms with E-state index in [0.717, 1.165) is 38.4 Å². The molecule has 1 saturated heterocycles. The Morgan fingerprint density at radius 3 is 2.61 bits per heavy atom. The Morgan fingerprint density at radius 2 is 2.00 bits per heavy atom. The maximum absolute atomic E-state index is 11.6. The summed E-state index contributed by atoms with van der Waals surface area (Å²) in [5.74, 6) is 1.51. The van der Waals surface area contributed by atoms with E-state index in [0.29, 0.717) is 18.3 Å². The van der Waals surface area contributed by atoms with E-state index in [2.05, 4.69) is 58.8 Å². The lowest BCUT2D eigenvalue weighted by molar-refractivity contribution is 0.238. The van der Waals surface area contributed by atoms with Gasteiger partial charge < -0.3 is 10.6 Å². The molecule has 8 heteroatoms. The third-order valence-corrected chi connectivity index (χ3v) is 6.90. The molecule has 1 heterocycles. The van der Waals surface area contributed by atoms with Crippen molar-refractivity contribution in [3.63, 3.8) is 0 Å². The van der Waals surface area contributed by atoms with Crippen molar-refractivity contribution in [2.24, 2.45) is 10.9 Å². The van der Waals surface area contributed by atoms with Gasteiger partial charge in [-0.15, -0.1) is 24.0 Å². The van der Waals surface area contributed by atoms with Gasteiger partial charge in [0.15, 0.2) is 15.8 Å². The zero-order chi connectivity index (χ0) is 19.7. The van der Waals surface area contributed by atoms with Crippen LogP contribution in [0.15, 0.2) is 35.3 Å². The Balaban J connectivity index is 0.00000392. The lowest BCUT2D eigenvalue weighted by Gasteiger charge is -2.25. The summed E-state index contributed by atoms with van der Waals surface area (Å²) in [5, 5.41) is 6.62. The molecule has 1 fully saturated rings. The Labute approximate surface area is 187 Å². The van der Waals surface area contributed by atoms with Crippen LogP contribution in [-0.2, 0) is 16.4 Å². The summed E-state index contributed by atoms with van der Waals surface area (Å²) in [7, 11) is -0.685. The second-order valence-electron chi connectivity index (χ2n) is 7.45. The lowest BCUT2D eigenvalue weighted by Crippen LogP contribution is -2.40. The molecule has 2 unspecified atom stereocenters. The second kappa shape index (κ2) is 12.6. The first-order chi connectivity index (χ1) is 12.9. The highest BCUT2D eigenvalue weighted by molar-refractivity contribution is 14.0. The molecule has 0 aliphatic carbocycles. The largest absolute Gasteiger partial charge is 0.357 e. The van der Waals surface area contributed by atoms with E-state index in [4.69, 9.17) is 0 Å². The number of hydrogen-bond acceptors (Lipinski definition) is 4. The summed E-state index contributed by atoms with van der Waals surface area (Å²) in [5.41, 5.74) is 1.32. The van der Waals surface area contributed by atoms with Crippen molar-refractivity contribution in [3.8, 4) is 0 Å². The Bertz CT molecular complexity index is 697. The fourth-order valence-corrected chi connectivity index (χ4v) is 5.07. The zero-order valence-corrected chi connectivity index (χ0v) is 20.4. The van der Waals surface area contributed by atoms with Crippen LogP contribution in [-0.4, -0.2) is 63.5 Å². The normalized spacial score (nSPS) is 19.9. The van der Waals surface area contributed by atoms with Gasteiger partial charge in [-0.3, -0.25) is 9.89 Å². The molecule has 1 aromatic rings. The predicted octanol–water partition coefficient (Wildman–Crippen LogP) is 2.50. The number of aliphatic imine (C=N–C) groups is 1. The minimum absolute atomic E-state index is 0.